The van der Waals surface area contributed by atoms with Crippen LogP contribution in [0.1, 0.15) is 25.3 Å². The van der Waals surface area contributed by atoms with Crippen molar-refractivity contribution in [3.63, 3.8) is 0 Å². The summed E-state index contributed by atoms with van der Waals surface area (Å²) in [7, 11) is 0. The molecular weight excluding hydrogens is 264 g/mol. The van der Waals surface area contributed by atoms with E-state index in [9.17, 15) is 8.78 Å². The molecule has 0 bridgehead atoms. The summed E-state index contributed by atoms with van der Waals surface area (Å²) in [6, 6.07) is 2.47. The van der Waals surface area contributed by atoms with Crippen molar-refractivity contribution < 1.29 is 8.78 Å². The van der Waals surface area contributed by atoms with Gasteiger partial charge in [-0.15, -0.1) is 0 Å². The van der Waals surface area contributed by atoms with Crippen LogP contribution in [0.5, 0.6) is 0 Å². The number of hydrogen-bond donors (Lipinski definition) is 1. The Hall–Kier alpha value is -0.480. The van der Waals surface area contributed by atoms with Crippen LogP contribution in [0.4, 0.5) is 8.78 Å². The lowest BCUT2D eigenvalue weighted by Gasteiger charge is -2.25. The van der Waals surface area contributed by atoms with Gasteiger partial charge >= 0.3 is 0 Å². The summed E-state index contributed by atoms with van der Waals surface area (Å²) in [4.78, 5) is 0. The molecule has 4 heteroatoms. The Kier molecular flexibility index (Phi) is 2.81. The Morgan fingerprint density at radius 2 is 2.07 bits per heavy atom. The summed E-state index contributed by atoms with van der Waals surface area (Å²) in [5.74, 6) is -1.04. The summed E-state index contributed by atoms with van der Waals surface area (Å²) in [5, 5.41) is 3.25. The lowest BCUT2D eigenvalue weighted by atomic mass is 9.90. The van der Waals surface area contributed by atoms with Gasteiger partial charge in [0.1, 0.15) is 11.6 Å². The quantitative estimate of drug-likeness (QED) is 0.776. The second kappa shape index (κ2) is 3.83. The van der Waals surface area contributed by atoms with E-state index in [0.29, 0.717) is 10.0 Å². The lowest BCUT2D eigenvalue weighted by molar-refractivity contribution is 0.408. The number of rotatable bonds is 1. The Morgan fingerprint density at radius 3 is 2.67 bits per heavy atom. The fourth-order valence-corrected chi connectivity index (χ4v) is 2.41. The van der Waals surface area contributed by atoms with Crippen molar-refractivity contribution in [1.82, 2.24) is 5.32 Å². The SMILES string of the molecule is CC1(c2cc(Br)c(F)cc2F)CCCN1. The average molecular weight is 276 g/mol. The third kappa shape index (κ3) is 1.93. The van der Waals surface area contributed by atoms with Crippen molar-refractivity contribution in [2.24, 2.45) is 0 Å². The Balaban J connectivity index is 2.48. The maximum Gasteiger partial charge on any atom is 0.140 e. The van der Waals surface area contributed by atoms with Crippen LogP contribution in [-0.4, -0.2) is 6.54 Å². The third-order valence-electron chi connectivity index (χ3n) is 2.97. The Bertz CT molecular complexity index is 386. The van der Waals surface area contributed by atoms with Gasteiger partial charge in [0.25, 0.3) is 0 Å². The first-order valence-corrected chi connectivity index (χ1v) is 5.72. The maximum absolute atomic E-state index is 13.6. The summed E-state index contributed by atoms with van der Waals surface area (Å²) in [5.41, 5.74) is 0.175. The van der Waals surface area contributed by atoms with Crippen LogP contribution in [0.25, 0.3) is 0 Å². The molecule has 0 saturated carbocycles. The third-order valence-corrected chi connectivity index (χ3v) is 3.58. The molecule has 15 heavy (non-hydrogen) atoms. The van der Waals surface area contributed by atoms with E-state index in [1.54, 1.807) is 0 Å². The molecule has 1 aromatic rings. The highest BCUT2D eigenvalue weighted by Gasteiger charge is 2.33. The Morgan fingerprint density at radius 1 is 1.33 bits per heavy atom. The predicted octanol–water partition coefficient (Wildman–Crippen LogP) is 3.33. The molecular formula is C11H12BrF2N. The van der Waals surface area contributed by atoms with Gasteiger partial charge in [-0.1, -0.05) is 0 Å². The van der Waals surface area contributed by atoms with Crippen molar-refractivity contribution in [2.75, 3.05) is 6.54 Å². The van der Waals surface area contributed by atoms with E-state index < -0.39 is 11.6 Å². The standard InChI is InChI=1S/C11H12BrF2N/c1-11(3-2-4-15-11)7-5-8(12)10(14)6-9(7)13/h5-6,15H,2-4H2,1H3. The number of nitrogens with one attached hydrogen (secondary N) is 1. The van der Waals surface area contributed by atoms with Crippen LogP contribution < -0.4 is 5.32 Å². The minimum atomic E-state index is -0.558. The number of benzene rings is 1. The van der Waals surface area contributed by atoms with Gasteiger partial charge in [-0.25, -0.2) is 8.78 Å². The topological polar surface area (TPSA) is 12.0 Å². The van der Waals surface area contributed by atoms with Gasteiger partial charge in [0.2, 0.25) is 0 Å². The predicted molar refractivity (Wildman–Crippen MR) is 58.6 cm³/mol. The Labute approximate surface area is 96.0 Å². The zero-order valence-electron chi connectivity index (χ0n) is 8.41. The number of halogens is 3. The van der Waals surface area contributed by atoms with Gasteiger partial charge in [0, 0.05) is 17.2 Å². The van der Waals surface area contributed by atoms with Crippen molar-refractivity contribution in [3.05, 3.63) is 33.8 Å². The van der Waals surface area contributed by atoms with Gasteiger partial charge in [0.05, 0.1) is 4.47 Å². The summed E-state index contributed by atoms with van der Waals surface area (Å²) in [6.45, 7) is 2.83. The molecule has 1 aliphatic heterocycles. The van der Waals surface area contributed by atoms with E-state index in [2.05, 4.69) is 21.2 Å². The van der Waals surface area contributed by atoms with E-state index in [1.807, 2.05) is 6.92 Å². The fraction of sp³-hybridized carbons (Fsp3) is 0.455. The molecule has 1 N–H and O–H groups in total. The molecule has 0 radical (unpaired) electrons. The molecule has 1 aliphatic rings. The van der Waals surface area contributed by atoms with Crippen LogP contribution in [0, 0.1) is 11.6 Å². The molecule has 82 valence electrons. The number of hydrogen-bond acceptors (Lipinski definition) is 1. The smallest absolute Gasteiger partial charge is 0.140 e. The minimum absolute atomic E-state index is 0.314. The minimum Gasteiger partial charge on any atom is -0.308 e. The maximum atomic E-state index is 13.6. The van der Waals surface area contributed by atoms with Gasteiger partial charge < -0.3 is 5.32 Å². The highest BCUT2D eigenvalue weighted by atomic mass is 79.9. The molecule has 1 atom stereocenters. The highest BCUT2D eigenvalue weighted by molar-refractivity contribution is 9.10. The van der Waals surface area contributed by atoms with E-state index in [4.69, 9.17) is 0 Å². The molecule has 0 aliphatic carbocycles. The summed E-state index contributed by atoms with van der Waals surface area (Å²) < 4.78 is 27.0. The molecule has 1 heterocycles. The monoisotopic (exact) mass is 275 g/mol. The molecule has 0 aromatic heterocycles. The second-order valence-corrected chi connectivity index (χ2v) is 4.96. The normalized spacial score (nSPS) is 25.9. The lowest BCUT2D eigenvalue weighted by Crippen LogP contribution is -2.34. The molecule has 1 unspecified atom stereocenters. The van der Waals surface area contributed by atoms with Crippen molar-refractivity contribution in [2.45, 2.75) is 25.3 Å². The molecule has 0 amide bonds. The molecule has 1 fully saturated rings. The van der Waals surface area contributed by atoms with Crippen molar-refractivity contribution in [3.8, 4) is 0 Å². The molecule has 1 nitrogen and oxygen atoms in total. The second-order valence-electron chi connectivity index (χ2n) is 4.11. The average Bonchev–Trinajstić information content (AvgIpc) is 2.60. The highest BCUT2D eigenvalue weighted by Crippen LogP contribution is 2.34. The van der Waals surface area contributed by atoms with E-state index in [0.717, 1.165) is 25.5 Å². The molecule has 1 saturated heterocycles. The molecule has 0 spiro atoms. The van der Waals surface area contributed by atoms with Gasteiger partial charge in [-0.3, -0.25) is 0 Å². The van der Waals surface area contributed by atoms with Crippen molar-refractivity contribution in [1.29, 1.82) is 0 Å². The van der Waals surface area contributed by atoms with Crippen LogP contribution >= 0.6 is 15.9 Å². The first-order chi connectivity index (χ1) is 7.03. The van der Waals surface area contributed by atoms with Crippen LogP contribution in [-0.2, 0) is 5.54 Å². The van der Waals surface area contributed by atoms with Gasteiger partial charge in [-0.2, -0.15) is 0 Å². The van der Waals surface area contributed by atoms with E-state index >= 15 is 0 Å². The largest absolute Gasteiger partial charge is 0.308 e. The van der Waals surface area contributed by atoms with Crippen LogP contribution in [0.2, 0.25) is 0 Å². The van der Waals surface area contributed by atoms with E-state index in [-0.39, 0.29) is 5.54 Å². The molecule has 2 rings (SSSR count). The van der Waals surface area contributed by atoms with Crippen LogP contribution in [0.3, 0.4) is 0 Å². The summed E-state index contributed by atoms with van der Waals surface area (Å²) >= 11 is 3.08. The van der Waals surface area contributed by atoms with Crippen molar-refractivity contribution >= 4 is 15.9 Å². The van der Waals surface area contributed by atoms with Crippen LogP contribution in [0.15, 0.2) is 16.6 Å². The first-order valence-electron chi connectivity index (χ1n) is 4.93. The van der Waals surface area contributed by atoms with E-state index in [1.165, 1.54) is 6.07 Å². The first kappa shape index (κ1) is 11.0. The fourth-order valence-electron chi connectivity index (χ4n) is 2.07. The molecule has 1 aromatic carbocycles. The zero-order chi connectivity index (χ0) is 11.1. The zero-order valence-corrected chi connectivity index (χ0v) is 10.00. The van der Waals surface area contributed by atoms with Gasteiger partial charge in [-0.05, 0) is 48.3 Å². The summed E-state index contributed by atoms with van der Waals surface area (Å²) in [6.07, 6.45) is 1.90. The van der Waals surface area contributed by atoms with Gasteiger partial charge in [0.15, 0.2) is 0 Å².